The van der Waals surface area contributed by atoms with E-state index in [2.05, 4.69) is 50.3 Å². The minimum Gasteiger partial charge on any atom is -0.470 e. The van der Waals surface area contributed by atoms with Gasteiger partial charge in [-0.05, 0) is 36.7 Å². The summed E-state index contributed by atoms with van der Waals surface area (Å²) in [6.45, 7) is 1.87. The molecule has 166 valence electrons. The molecule has 0 fully saturated rings. The summed E-state index contributed by atoms with van der Waals surface area (Å²) in [6.07, 6.45) is 3.39. The van der Waals surface area contributed by atoms with Gasteiger partial charge in [-0.1, -0.05) is 54.6 Å². The van der Waals surface area contributed by atoms with E-state index in [1.807, 2.05) is 48.5 Å². The minimum atomic E-state index is 0.287. The van der Waals surface area contributed by atoms with Crippen LogP contribution in [-0.4, -0.2) is 34.2 Å². The molecule has 0 spiro atoms. The van der Waals surface area contributed by atoms with Gasteiger partial charge in [-0.15, -0.1) is 10.2 Å². The third-order valence-corrected chi connectivity index (χ3v) is 4.93. The highest BCUT2D eigenvalue weighted by Crippen LogP contribution is 2.27. The molecular weight excluding hydrogens is 414 g/mol. The van der Waals surface area contributed by atoms with Crippen molar-refractivity contribution in [3.05, 3.63) is 89.7 Å². The highest BCUT2D eigenvalue weighted by molar-refractivity contribution is 6.14. The minimum absolute atomic E-state index is 0.287. The van der Waals surface area contributed by atoms with Gasteiger partial charge in [-0.2, -0.15) is 5.10 Å². The second-order valence-electron chi connectivity index (χ2n) is 7.28. The molecule has 0 aliphatic heterocycles. The van der Waals surface area contributed by atoms with Gasteiger partial charge in [0.1, 0.15) is 6.61 Å². The van der Waals surface area contributed by atoms with E-state index in [0.29, 0.717) is 18.2 Å². The predicted octanol–water partition coefficient (Wildman–Crippen LogP) is 3.98. The second kappa shape index (κ2) is 11.4. The van der Waals surface area contributed by atoms with Crippen LogP contribution in [0.2, 0.25) is 0 Å². The molecule has 0 atom stereocenters. The van der Waals surface area contributed by atoms with Crippen molar-refractivity contribution in [2.75, 3.05) is 12.0 Å². The molecule has 0 saturated heterocycles. The zero-order valence-electron chi connectivity index (χ0n) is 18.1. The molecule has 2 aromatic heterocycles. The fourth-order valence-electron chi connectivity index (χ4n) is 3.35. The van der Waals surface area contributed by atoms with Gasteiger partial charge >= 0.3 is 0 Å². The largest absolute Gasteiger partial charge is 0.470 e. The lowest BCUT2D eigenvalue weighted by molar-refractivity contribution is 0.289. The number of anilines is 1. The summed E-state index contributed by atoms with van der Waals surface area (Å²) >= 11 is 0. The Hall–Kier alpha value is -4.17. The van der Waals surface area contributed by atoms with Gasteiger partial charge < -0.3 is 15.5 Å². The van der Waals surface area contributed by atoms with Crippen molar-refractivity contribution in [1.82, 2.24) is 20.5 Å². The summed E-state index contributed by atoms with van der Waals surface area (Å²) in [6, 6.07) is 24.0. The Morgan fingerprint density at radius 1 is 0.879 bits per heavy atom. The Balaban J connectivity index is 1.36. The monoisotopic (exact) mass is 439 g/mol. The quantitative estimate of drug-likeness (QED) is 0.185. The molecule has 8 heteroatoms. The van der Waals surface area contributed by atoms with Gasteiger partial charge in [0.25, 0.3) is 0 Å². The molecule has 2 aromatic carbocycles. The molecule has 0 saturated carbocycles. The number of hydrogen-bond donors (Lipinski definition) is 3. The number of nitrogens with zero attached hydrogens (tertiary/aromatic N) is 4. The number of nitrogens with one attached hydrogen (secondary N) is 3. The summed E-state index contributed by atoms with van der Waals surface area (Å²) in [5, 5.41) is 24.4. The highest BCUT2D eigenvalue weighted by atomic mass is 16.5. The van der Waals surface area contributed by atoms with Crippen LogP contribution in [0.15, 0.2) is 77.9 Å². The summed E-state index contributed by atoms with van der Waals surface area (Å²) in [5.41, 5.74) is 5.90. The van der Waals surface area contributed by atoms with Gasteiger partial charge in [-0.25, -0.2) is 0 Å². The van der Waals surface area contributed by atoms with E-state index < -0.39 is 0 Å². The van der Waals surface area contributed by atoms with Gasteiger partial charge in [0.15, 0.2) is 5.82 Å². The van der Waals surface area contributed by atoms with Crippen molar-refractivity contribution in [1.29, 1.82) is 5.41 Å². The maximum Gasteiger partial charge on any atom is 0.241 e. The Morgan fingerprint density at radius 2 is 1.67 bits per heavy atom. The predicted molar refractivity (Wildman–Crippen MR) is 131 cm³/mol. The van der Waals surface area contributed by atoms with Crippen molar-refractivity contribution in [3.63, 3.8) is 0 Å². The Morgan fingerprint density at radius 3 is 2.52 bits per heavy atom. The molecule has 0 aliphatic rings. The zero-order chi connectivity index (χ0) is 22.7. The number of benzene rings is 2. The molecule has 33 heavy (non-hydrogen) atoms. The van der Waals surface area contributed by atoms with Gasteiger partial charge in [0, 0.05) is 23.5 Å². The number of hydrogen-bond acceptors (Lipinski definition) is 8. The third kappa shape index (κ3) is 6.18. The highest BCUT2D eigenvalue weighted by Gasteiger charge is 2.10. The van der Waals surface area contributed by atoms with Crippen LogP contribution >= 0.6 is 0 Å². The fourth-order valence-corrected chi connectivity index (χ4v) is 3.35. The summed E-state index contributed by atoms with van der Waals surface area (Å²) < 4.78 is 5.97. The molecular formula is C25H25N7O. The number of pyridine rings is 1. The Kier molecular flexibility index (Phi) is 7.65. The lowest BCUT2D eigenvalue weighted by Gasteiger charge is -2.10. The molecule has 2 heterocycles. The van der Waals surface area contributed by atoms with Crippen molar-refractivity contribution >= 4 is 29.0 Å². The van der Waals surface area contributed by atoms with Crippen molar-refractivity contribution in [3.8, 4) is 5.88 Å². The first-order valence-electron chi connectivity index (χ1n) is 10.7. The summed E-state index contributed by atoms with van der Waals surface area (Å²) in [5.74, 6) is 0.929. The van der Waals surface area contributed by atoms with Crippen LogP contribution in [-0.2, 0) is 19.6 Å². The first-order chi connectivity index (χ1) is 16.3. The standard InChI is InChI=1S/C25H25N7O/c26-14-16-28-30-24-22-11-4-5-12-23(22)25(32-31-24)33-18-21-10-6-9-20(29-21)17-27-15-13-19-7-2-1-3-8-19/h1-12,14,16,26-27H,13,15,17-18H2,(H,30,31)/b26-14?,28-16-. The summed E-state index contributed by atoms with van der Waals surface area (Å²) in [4.78, 5) is 4.69. The lowest BCUT2D eigenvalue weighted by Crippen LogP contribution is -2.17. The van der Waals surface area contributed by atoms with Crippen molar-refractivity contribution < 1.29 is 4.74 Å². The maximum atomic E-state index is 7.02. The van der Waals surface area contributed by atoms with E-state index in [9.17, 15) is 0 Å². The first kappa shape index (κ1) is 22.0. The van der Waals surface area contributed by atoms with Crippen molar-refractivity contribution in [2.24, 2.45) is 5.10 Å². The van der Waals surface area contributed by atoms with Crippen LogP contribution in [0.25, 0.3) is 10.8 Å². The van der Waals surface area contributed by atoms with E-state index in [0.717, 1.165) is 41.3 Å². The Labute approximate surface area is 192 Å². The molecule has 0 amide bonds. The zero-order valence-corrected chi connectivity index (χ0v) is 18.1. The average molecular weight is 440 g/mol. The molecule has 0 unspecified atom stereocenters. The smallest absolute Gasteiger partial charge is 0.241 e. The third-order valence-electron chi connectivity index (χ3n) is 4.93. The van der Waals surface area contributed by atoms with E-state index in [1.165, 1.54) is 11.8 Å². The van der Waals surface area contributed by atoms with E-state index in [1.54, 1.807) is 0 Å². The van der Waals surface area contributed by atoms with Crippen LogP contribution in [0.3, 0.4) is 0 Å². The number of ether oxygens (including phenoxy) is 1. The number of hydrazone groups is 1. The fraction of sp³-hybridized carbons (Fsp3) is 0.160. The summed E-state index contributed by atoms with van der Waals surface area (Å²) in [7, 11) is 0. The maximum absolute atomic E-state index is 7.02. The second-order valence-corrected chi connectivity index (χ2v) is 7.28. The lowest BCUT2D eigenvalue weighted by atomic mass is 10.1. The van der Waals surface area contributed by atoms with Crippen LogP contribution in [0, 0.1) is 5.41 Å². The van der Waals surface area contributed by atoms with Gasteiger partial charge in [-0.3, -0.25) is 10.4 Å². The van der Waals surface area contributed by atoms with Crippen LogP contribution in [0.4, 0.5) is 5.82 Å². The van der Waals surface area contributed by atoms with E-state index in [-0.39, 0.29) is 6.61 Å². The molecule has 8 nitrogen and oxygen atoms in total. The topological polar surface area (TPSA) is 108 Å². The van der Waals surface area contributed by atoms with Crippen LogP contribution in [0.1, 0.15) is 17.0 Å². The number of rotatable bonds is 11. The molecule has 4 aromatic rings. The normalized spacial score (nSPS) is 11.0. The molecule has 0 bridgehead atoms. The number of fused-ring (bicyclic) bond motifs is 1. The van der Waals surface area contributed by atoms with Crippen LogP contribution < -0.4 is 15.5 Å². The van der Waals surface area contributed by atoms with Gasteiger partial charge in [0.2, 0.25) is 5.88 Å². The SMILES string of the molecule is N=C/C=N\Nc1nnc(OCc2cccc(CNCCc3ccccc3)n2)c2ccccc12. The van der Waals surface area contributed by atoms with Gasteiger partial charge in [0.05, 0.1) is 17.6 Å². The van der Waals surface area contributed by atoms with E-state index >= 15 is 0 Å². The first-order valence-corrected chi connectivity index (χ1v) is 10.7. The molecule has 4 rings (SSSR count). The average Bonchev–Trinajstić information content (AvgIpc) is 2.87. The molecule has 0 aliphatic carbocycles. The molecule has 3 N–H and O–H groups in total. The van der Waals surface area contributed by atoms with Crippen molar-refractivity contribution in [2.45, 2.75) is 19.6 Å². The van der Waals surface area contributed by atoms with E-state index in [4.69, 9.17) is 15.1 Å². The molecule has 0 radical (unpaired) electrons. The van der Waals surface area contributed by atoms with Crippen LogP contribution in [0.5, 0.6) is 5.88 Å². The Bertz CT molecular complexity index is 1230. The number of aromatic nitrogens is 3.